The average Bonchev–Trinajstić information content (AvgIpc) is 1.82. The minimum Gasteiger partial charge on any atom is -0.481 e. The maximum absolute atomic E-state index is 10.3. The highest BCUT2D eigenvalue weighted by molar-refractivity contribution is 5.88. The standard InChI is InChI=1S/C6H8O7.2CH4/c7-3(8)1-6(13,5(11)12)2-4(9)10;;/h13H,1-2H2,(H,7,8)(H,9,10)(H,11,12);2*1H4. The Bertz CT molecular complexity index is 229. The van der Waals surface area contributed by atoms with Gasteiger partial charge >= 0.3 is 17.9 Å². The van der Waals surface area contributed by atoms with Crippen molar-refractivity contribution in [1.29, 1.82) is 0 Å². The number of hydrogen-bond acceptors (Lipinski definition) is 4. The van der Waals surface area contributed by atoms with E-state index in [1.54, 1.807) is 0 Å². The molecule has 0 saturated carbocycles. The first kappa shape index (κ1) is 19.0. The summed E-state index contributed by atoms with van der Waals surface area (Å²) in [5, 5.41) is 33.8. The lowest BCUT2D eigenvalue weighted by atomic mass is 9.96. The number of carboxylic acids is 3. The van der Waals surface area contributed by atoms with Crippen LogP contribution in [0.4, 0.5) is 0 Å². The summed E-state index contributed by atoms with van der Waals surface area (Å²) in [6, 6.07) is 0. The molecule has 0 unspecified atom stereocenters. The van der Waals surface area contributed by atoms with E-state index in [2.05, 4.69) is 0 Å². The zero-order chi connectivity index (χ0) is 10.6. The van der Waals surface area contributed by atoms with E-state index in [0.29, 0.717) is 0 Å². The van der Waals surface area contributed by atoms with Gasteiger partial charge in [0.2, 0.25) is 0 Å². The largest absolute Gasteiger partial charge is 0.481 e. The topological polar surface area (TPSA) is 132 Å². The van der Waals surface area contributed by atoms with Crippen molar-refractivity contribution in [3.8, 4) is 0 Å². The molecular formula is C8H16O7. The summed E-state index contributed by atoms with van der Waals surface area (Å²) in [4.78, 5) is 30.5. The Labute approximate surface area is 87.0 Å². The Morgan fingerprint density at radius 1 is 0.867 bits per heavy atom. The number of carboxylic acid groups (broad SMARTS) is 3. The number of carbonyl (C=O) groups is 3. The highest BCUT2D eigenvalue weighted by Crippen LogP contribution is 2.15. The average molecular weight is 224 g/mol. The molecule has 0 aromatic rings. The van der Waals surface area contributed by atoms with Gasteiger partial charge in [0.05, 0.1) is 12.8 Å². The van der Waals surface area contributed by atoms with Gasteiger partial charge in [-0.25, -0.2) is 4.79 Å². The molecule has 0 aromatic carbocycles. The fraction of sp³-hybridized carbons (Fsp3) is 0.625. The van der Waals surface area contributed by atoms with Crippen molar-refractivity contribution < 1.29 is 34.8 Å². The molecule has 0 radical (unpaired) electrons. The number of aliphatic carboxylic acids is 3. The highest BCUT2D eigenvalue weighted by Gasteiger charge is 2.40. The summed E-state index contributed by atoms with van der Waals surface area (Å²) in [5.41, 5.74) is -2.74. The summed E-state index contributed by atoms with van der Waals surface area (Å²) in [6.45, 7) is 0. The van der Waals surface area contributed by atoms with Gasteiger partial charge in [-0.15, -0.1) is 0 Å². The van der Waals surface area contributed by atoms with Crippen molar-refractivity contribution in [2.45, 2.75) is 33.3 Å². The second kappa shape index (κ2) is 6.77. The van der Waals surface area contributed by atoms with Crippen LogP contribution in [0.3, 0.4) is 0 Å². The molecule has 15 heavy (non-hydrogen) atoms. The van der Waals surface area contributed by atoms with Gasteiger partial charge in [0.15, 0.2) is 5.60 Å². The fourth-order valence-corrected chi connectivity index (χ4v) is 0.714. The van der Waals surface area contributed by atoms with Crippen molar-refractivity contribution in [2.75, 3.05) is 0 Å². The van der Waals surface area contributed by atoms with E-state index in [1.165, 1.54) is 0 Å². The van der Waals surface area contributed by atoms with E-state index in [4.69, 9.17) is 20.4 Å². The summed E-state index contributed by atoms with van der Waals surface area (Å²) in [5.74, 6) is -5.02. The van der Waals surface area contributed by atoms with Gasteiger partial charge in [0.25, 0.3) is 0 Å². The number of aliphatic hydroxyl groups is 1. The third-order valence-corrected chi connectivity index (χ3v) is 1.29. The zero-order valence-corrected chi connectivity index (χ0v) is 6.43. The number of rotatable bonds is 5. The first-order valence-electron chi connectivity index (χ1n) is 3.17. The molecule has 0 fully saturated rings. The van der Waals surface area contributed by atoms with Crippen molar-refractivity contribution in [2.24, 2.45) is 0 Å². The SMILES string of the molecule is C.C.O=C(O)CC(O)(CC(=O)O)C(=O)O. The number of hydrogen-bond donors (Lipinski definition) is 4. The van der Waals surface area contributed by atoms with Gasteiger partial charge in [0, 0.05) is 0 Å². The normalized spacial score (nSPS) is 9.40. The van der Waals surface area contributed by atoms with Crippen LogP contribution < -0.4 is 0 Å². The molecule has 0 heterocycles. The van der Waals surface area contributed by atoms with Crippen molar-refractivity contribution >= 4 is 17.9 Å². The van der Waals surface area contributed by atoms with Crippen LogP contribution in [0.2, 0.25) is 0 Å². The van der Waals surface area contributed by atoms with Crippen LogP contribution in [-0.4, -0.2) is 43.9 Å². The van der Waals surface area contributed by atoms with Crippen molar-refractivity contribution in [3.05, 3.63) is 0 Å². The minimum absolute atomic E-state index is 0. The molecule has 7 heteroatoms. The van der Waals surface area contributed by atoms with E-state index in [0.717, 1.165) is 0 Å². The minimum atomic E-state index is -2.74. The van der Waals surface area contributed by atoms with E-state index in [1.807, 2.05) is 0 Å². The van der Waals surface area contributed by atoms with E-state index >= 15 is 0 Å². The zero-order valence-electron chi connectivity index (χ0n) is 6.43. The lowest BCUT2D eigenvalue weighted by Crippen LogP contribution is -2.42. The molecule has 0 aromatic heterocycles. The second-order valence-corrected chi connectivity index (χ2v) is 2.48. The third kappa shape index (κ3) is 6.44. The van der Waals surface area contributed by atoms with Crippen molar-refractivity contribution in [3.63, 3.8) is 0 Å². The summed E-state index contributed by atoms with van der Waals surface area (Å²) < 4.78 is 0. The molecule has 0 spiro atoms. The monoisotopic (exact) mass is 224 g/mol. The second-order valence-electron chi connectivity index (χ2n) is 2.48. The van der Waals surface area contributed by atoms with Crippen LogP contribution in [0.5, 0.6) is 0 Å². The molecule has 0 aliphatic heterocycles. The van der Waals surface area contributed by atoms with Gasteiger partial charge in [-0.3, -0.25) is 9.59 Å². The molecule has 0 atom stereocenters. The molecule has 7 nitrogen and oxygen atoms in total. The molecule has 0 rings (SSSR count). The van der Waals surface area contributed by atoms with Crippen LogP contribution in [-0.2, 0) is 14.4 Å². The molecule has 0 bridgehead atoms. The van der Waals surface area contributed by atoms with E-state index < -0.39 is 36.4 Å². The van der Waals surface area contributed by atoms with Gasteiger partial charge in [-0.1, -0.05) is 14.9 Å². The van der Waals surface area contributed by atoms with Gasteiger partial charge in [0.1, 0.15) is 0 Å². The fourth-order valence-electron chi connectivity index (χ4n) is 0.714. The molecule has 0 aliphatic rings. The van der Waals surface area contributed by atoms with Crippen LogP contribution in [0.15, 0.2) is 0 Å². The lowest BCUT2D eigenvalue weighted by molar-refractivity contribution is -0.170. The Kier molecular flexibility index (Phi) is 8.59. The Hall–Kier alpha value is -1.63. The van der Waals surface area contributed by atoms with Gasteiger partial charge in [-0.2, -0.15) is 0 Å². The summed E-state index contributed by atoms with van der Waals surface area (Å²) in [7, 11) is 0. The molecule has 0 amide bonds. The van der Waals surface area contributed by atoms with Crippen LogP contribution in [0, 0.1) is 0 Å². The van der Waals surface area contributed by atoms with Crippen LogP contribution >= 0.6 is 0 Å². The maximum atomic E-state index is 10.3. The summed E-state index contributed by atoms with van der Waals surface area (Å²) in [6.07, 6.45) is -2.29. The lowest BCUT2D eigenvalue weighted by Gasteiger charge is -2.18. The molecule has 0 saturated heterocycles. The Morgan fingerprint density at radius 3 is 1.27 bits per heavy atom. The van der Waals surface area contributed by atoms with E-state index in [9.17, 15) is 14.4 Å². The predicted octanol–water partition coefficient (Wildman–Crippen LogP) is 0.0237. The Morgan fingerprint density at radius 2 is 1.13 bits per heavy atom. The molecular weight excluding hydrogens is 208 g/mol. The first-order valence-corrected chi connectivity index (χ1v) is 3.17. The highest BCUT2D eigenvalue weighted by atomic mass is 16.4. The first-order chi connectivity index (χ1) is 5.78. The van der Waals surface area contributed by atoms with Crippen LogP contribution in [0.25, 0.3) is 0 Å². The Balaban J connectivity index is -0.000000720. The van der Waals surface area contributed by atoms with Crippen molar-refractivity contribution in [1.82, 2.24) is 0 Å². The third-order valence-electron chi connectivity index (χ3n) is 1.29. The van der Waals surface area contributed by atoms with Crippen LogP contribution in [0.1, 0.15) is 27.7 Å². The van der Waals surface area contributed by atoms with E-state index in [-0.39, 0.29) is 14.9 Å². The smallest absolute Gasteiger partial charge is 0.336 e. The molecule has 4 N–H and O–H groups in total. The molecule has 90 valence electrons. The quantitative estimate of drug-likeness (QED) is 0.517. The molecule has 0 aliphatic carbocycles. The van der Waals surface area contributed by atoms with Gasteiger partial charge in [-0.05, 0) is 0 Å². The van der Waals surface area contributed by atoms with Gasteiger partial charge < -0.3 is 20.4 Å². The summed E-state index contributed by atoms with van der Waals surface area (Å²) >= 11 is 0. The predicted molar refractivity (Wildman–Crippen MR) is 50.6 cm³/mol. The maximum Gasteiger partial charge on any atom is 0.336 e.